The Labute approximate surface area is 88.4 Å². The van der Waals surface area contributed by atoms with Gasteiger partial charge in [-0.1, -0.05) is 6.07 Å². The summed E-state index contributed by atoms with van der Waals surface area (Å²) in [5, 5.41) is 13.9. The van der Waals surface area contributed by atoms with E-state index in [4.69, 9.17) is 5.73 Å². The van der Waals surface area contributed by atoms with E-state index in [1.807, 2.05) is 20.8 Å². The maximum Gasteiger partial charge on any atom is 0.314 e. The molecule has 0 aliphatic carbocycles. The van der Waals surface area contributed by atoms with Crippen LogP contribution >= 0.6 is 0 Å². The van der Waals surface area contributed by atoms with Gasteiger partial charge in [-0.3, -0.25) is 10.1 Å². The monoisotopic (exact) mass is 209 g/mol. The molecule has 5 heteroatoms. The summed E-state index contributed by atoms with van der Waals surface area (Å²) in [4.78, 5) is 10.3. The summed E-state index contributed by atoms with van der Waals surface area (Å²) in [6, 6.07) is 4.86. The van der Waals surface area contributed by atoms with Crippen LogP contribution in [0, 0.1) is 10.1 Å². The minimum absolute atomic E-state index is 0.0626. The van der Waals surface area contributed by atoms with Gasteiger partial charge in [0.2, 0.25) is 0 Å². The Morgan fingerprint density at radius 3 is 2.47 bits per heavy atom. The molecule has 0 saturated heterocycles. The van der Waals surface area contributed by atoms with Crippen molar-refractivity contribution < 1.29 is 4.92 Å². The summed E-state index contributed by atoms with van der Waals surface area (Å²) in [6.45, 7) is 5.79. The summed E-state index contributed by atoms with van der Waals surface area (Å²) in [5.41, 5.74) is 5.89. The fraction of sp³-hybridized carbons (Fsp3) is 0.400. The zero-order valence-electron chi connectivity index (χ0n) is 9.07. The van der Waals surface area contributed by atoms with Crippen LogP contribution in [0.1, 0.15) is 20.8 Å². The van der Waals surface area contributed by atoms with Gasteiger partial charge in [0, 0.05) is 5.54 Å². The molecule has 15 heavy (non-hydrogen) atoms. The van der Waals surface area contributed by atoms with Crippen LogP contribution in [-0.2, 0) is 0 Å². The first kappa shape index (κ1) is 11.3. The van der Waals surface area contributed by atoms with Crippen molar-refractivity contribution in [1.29, 1.82) is 0 Å². The zero-order chi connectivity index (χ0) is 11.6. The van der Waals surface area contributed by atoms with E-state index in [1.54, 1.807) is 12.1 Å². The summed E-state index contributed by atoms with van der Waals surface area (Å²) in [7, 11) is 0. The summed E-state index contributed by atoms with van der Waals surface area (Å²) < 4.78 is 0. The summed E-state index contributed by atoms with van der Waals surface area (Å²) in [5.74, 6) is 0. The second-order valence-electron chi connectivity index (χ2n) is 4.38. The highest BCUT2D eigenvalue weighted by Crippen LogP contribution is 2.32. The molecular weight excluding hydrogens is 194 g/mol. The number of hydrogen-bond acceptors (Lipinski definition) is 4. The van der Waals surface area contributed by atoms with E-state index in [9.17, 15) is 10.1 Å². The molecule has 1 aromatic rings. The standard InChI is InChI=1S/C10H15N3O2/c1-10(2,3)12-8-6-4-5-7(11)9(8)13(14)15/h4-6,12H,11H2,1-3H3. The third kappa shape index (κ3) is 2.83. The van der Waals surface area contributed by atoms with E-state index >= 15 is 0 Å². The minimum Gasteiger partial charge on any atom is -0.393 e. The van der Waals surface area contributed by atoms with Crippen LogP contribution in [0.15, 0.2) is 18.2 Å². The van der Waals surface area contributed by atoms with E-state index in [0.717, 1.165) is 0 Å². The average molecular weight is 209 g/mol. The molecule has 1 aromatic carbocycles. The summed E-state index contributed by atoms with van der Waals surface area (Å²) in [6.07, 6.45) is 0. The molecule has 0 aromatic heterocycles. The Bertz CT molecular complexity index is 383. The van der Waals surface area contributed by atoms with Gasteiger partial charge in [-0.15, -0.1) is 0 Å². The van der Waals surface area contributed by atoms with Crippen molar-refractivity contribution in [3.8, 4) is 0 Å². The molecule has 0 aliphatic heterocycles. The first-order valence-corrected chi connectivity index (χ1v) is 4.62. The molecule has 0 spiro atoms. The predicted molar refractivity (Wildman–Crippen MR) is 60.9 cm³/mol. The molecule has 0 atom stereocenters. The Balaban J connectivity index is 3.18. The van der Waals surface area contributed by atoms with Crippen LogP contribution in [0.25, 0.3) is 0 Å². The van der Waals surface area contributed by atoms with Crippen LogP contribution < -0.4 is 11.1 Å². The lowest BCUT2D eigenvalue weighted by molar-refractivity contribution is -0.383. The van der Waals surface area contributed by atoms with E-state index in [0.29, 0.717) is 5.69 Å². The normalized spacial score (nSPS) is 11.1. The Kier molecular flexibility index (Phi) is 2.83. The molecule has 82 valence electrons. The van der Waals surface area contributed by atoms with Crippen LogP contribution in [0.5, 0.6) is 0 Å². The fourth-order valence-corrected chi connectivity index (χ4v) is 1.27. The maximum absolute atomic E-state index is 10.8. The molecular formula is C10H15N3O2. The molecule has 0 heterocycles. The van der Waals surface area contributed by atoms with Gasteiger partial charge in [-0.05, 0) is 32.9 Å². The molecule has 0 fully saturated rings. The minimum atomic E-state index is -0.469. The number of para-hydroxylation sites is 1. The number of nitro groups is 1. The van der Waals surface area contributed by atoms with Gasteiger partial charge in [0.25, 0.3) is 0 Å². The molecule has 0 unspecified atom stereocenters. The topological polar surface area (TPSA) is 81.2 Å². The molecule has 1 rings (SSSR count). The quantitative estimate of drug-likeness (QED) is 0.445. The number of nitrogens with zero attached hydrogens (tertiary/aromatic N) is 1. The van der Waals surface area contributed by atoms with Crippen molar-refractivity contribution >= 4 is 17.1 Å². The summed E-state index contributed by atoms with van der Waals surface area (Å²) >= 11 is 0. The largest absolute Gasteiger partial charge is 0.393 e. The van der Waals surface area contributed by atoms with Gasteiger partial charge in [-0.25, -0.2) is 0 Å². The van der Waals surface area contributed by atoms with Gasteiger partial charge in [0.1, 0.15) is 11.4 Å². The first-order valence-electron chi connectivity index (χ1n) is 4.62. The Hall–Kier alpha value is -1.78. The van der Waals surface area contributed by atoms with Gasteiger partial charge < -0.3 is 11.1 Å². The van der Waals surface area contributed by atoms with Crippen molar-refractivity contribution in [2.24, 2.45) is 0 Å². The van der Waals surface area contributed by atoms with Crippen LogP contribution in [0.3, 0.4) is 0 Å². The van der Waals surface area contributed by atoms with Gasteiger partial charge in [0.15, 0.2) is 0 Å². The maximum atomic E-state index is 10.8. The van der Waals surface area contributed by atoms with Crippen molar-refractivity contribution in [1.82, 2.24) is 0 Å². The van der Waals surface area contributed by atoms with Gasteiger partial charge in [-0.2, -0.15) is 0 Å². The van der Waals surface area contributed by atoms with Crippen LogP contribution in [0.4, 0.5) is 17.1 Å². The predicted octanol–water partition coefficient (Wildman–Crippen LogP) is 2.39. The number of nitro benzene ring substituents is 1. The lowest BCUT2D eigenvalue weighted by Crippen LogP contribution is -2.26. The van der Waals surface area contributed by atoms with E-state index in [1.165, 1.54) is 6.07 Å². The third-order valence-electron chi connectivity index (χ3n) is 1.76. The highest BCUT2D eigenvalue weighted by molar-refractivity contribution is 5.74. The number of nitrogens with one attached hydrogen (secondary N) is 1. The molecule has 5 nitrogen and oxygen atoms in total. The van der Waals surface area contributed by atoms with E-state index < -0.39 is 4.92 Å². The van der Waals surface area contributed by atoms with E-state index in [2.05, 4.69) is 5.32 Å². The Morgan fingerprint density at radius 1 is 1.40 bits per heavy atom. The SMILES string of the molecule is CC(C)(C)Nc1cccc(N)c1[N+](=O)[O-]. The Morgan fingerprint density at radius 2 is 2.00 bits per heavy atom. The zero-order valence-corrected chi connectivity index (χ0v) is 9.07. The number of hydrogen-bond donors (Lipinski definition) is 2. The van der Waals surface area contributed by atoms with Crippen molar-refractivity contribution in [2.75, 3.05) is 11.1 Å². The number of nitrogens with two attached hydrogens (primary N) is 1. The van der Waals surface area contributed by atoms with Gasteiger partial charge >= 0.3 is 5.69 Å². The smallest absolute Gasteiger partial charge is 0.314 e. The molecule has 0 saturated carbocycles. The molecule has 0 bridgehead atoms. The number of benzene rings is 1. The van der Waals surface area contributed by atoms with Crippen molar-refractivity contribution in [3.05, 3.63) is 28.3 Å². The van der Waals surface area contributed by atoms with Crippen molar-refractivity contribution in [3.63, 3.8) is 0 Å². The highest BCUT2D eigenvalue weighted by atomic mass is 16.6. The lowest BCUT2D eigenvalue weighted by atomic mass is 10.1. The van der Waals surface area contributed by atoms with Gasteiger partial charge in [0.05, 0.1) is 4.92 Å². The second kappa shape index (κ2) is 3.76. The van der Waals surface area contributed by atoms with Crippen LogP contribution in [0.2, 0.25) is 0 Å². The fourth-order valence-electron chi connectivity index (χ4n) is 1.27. The average Bonchev–Trinajstić information content (AvgIpc) is 1.99. The molecule has 0 radical (unpaired) electrons. The highest BCUT2D eigenvalue weighted by Gasteiger charge is 2.21. The van der Waals surface area contributed by atoms with Crippen molar-refractivity contribution in [2.45, 2.75) is 26.3 Å². The van der Waals surface area contributed by atoms with E-state index in [-0.39, 0.29) is 16.9 Å². The number of nitrogen functional groups attached to an aromatic ring is 1. The third-order valence-corrected chi connectivity index (χ3v) is 1.76. The molecule has 0 aliphatic rings. The molecule has 0 amide bonds. The molecule has 3 N–H and O–H groups in total. The number of anilines is 2. The lowest BCUT2D eigenvalue weighted by Gasteiger charge is -2.22. The first-order chi connectivity index (χ1) is 6.81. The van der Waals surface area contributed by atoms with Crippen LogP contribution in [-0.4, -0.2) is 10.5 Å². The number of rotatable bonds is 2. The second-order valence-corrected chi connectivity index (χ2v) is 4.38.